The first-order valence-electron chi connectivity index (χ1n) is 18.2. The summed E-state index contributed by atoms with van der Waals surface area (Å²) in [5, 5.41) is 19.5. The van der Waals surface area contributed by atoms with Crippen LogP contribution in [0.2, 0.25) is 0 Å². The molecule has 0 aromatic carbocycles. The number of aliphatic carboxylic acids is 2. The smallest absolute Gasteiger partial charge is 0.333 e. The predicted octanol–water partition coefficient (Wildman–Crippen LogP) is 9.43. The third-order valence-corrected chi connectivity index (χ3v) is 10.3. The van der Waals surface area contributed by atoms with Crippen LogP contribution in [0.3, 0.4) is 0 Å². The van der Waals surface area contributed by atoms with Gasteiger partial charge >= 0.3 is 17.9 Å². The van der Waals surface area contributed by atoms with Gasteiger partial charge in [0.2, 0.25) is 0 Å². The van der Waals surface area contributed by atoms with Crippen molar-refractivity contribution in [1.29, 1.82) is 0 Å². The van der Waals surface area contributed by atoms with Crippen LogP contribution in [0.5, 0.6) is 0 Å². The number of carbonyl (C=O) groups excluding carboxylic acids is 1. The van der Waals surface area contributed by atoms with Crippen LogP contribution in [0, 0.1) is 13.8 Å². The van der Waals surface area contributed by atoms with Gasteiger partial charge < -0.3 is 24.9 Å². The zero-order valence-electron chi connectivity index (χ0n) is 31.8. The summed E-state index contributed by atoms with van der Waals surface area (Å²) in [6.07, 6.45) is 9.52. The fourth-order valence-electron chi connectivity index (χ4n) is 6.97. The van der Waals surface area contributed by atoms with E-state index < -0.39 is 17.4 Å². The highest BCUT2D eigenvalue weighted by atomic mass is 16.5. The van der Waals surface area contributed by atoms with E-state index in [9.17, 15) is 24.6 Å². The lowest BCUT2D eigenvalue weighted by molar-refractivity contribution is -0.139. The number of nitrogens with one attached hydrogen (secondary N) is 2. The van der Waals surface area contributed by atoms with Crippen molar-refractivity contribution in [3.63, 3.8) is 0 Å². The maximum Gasteiger partial charge on any atom is 0.333 e. The molecule has 0 saturated heterocycles. The summed E-state index contributed by atoms with van der Waals surface area (Å²) in [5.41, 5.74) is 11.2. The van der Waals surface area contributed by atoms with E-state index in [0.717, 1.165) is 75.8 Å². The molecular formula is C43H50N4O6. The minimum absolute atomic E-state index is 0.0668. The highest BCUT2D eigenvalue weighted by molar-refractivity contribution is 5.99. The van der Waals surface area contributed by atoms with Gasteiger partial charge in [-0.1, -0.05) is 64.8 Å². The number of hydrogen-bond donors (Lipinski definition) is 4. The Labute approximate surface area is 310 Å². The van der Waals surface area contributed by atoms with Gasteiger partial charge in [0.1, 0.15) is 0 Å². The topological polar surface area (TPSA) is 158 Å². The number of hydrogen-bond acceptors (Lipinski definition) is 6. The molecule has 3 aromatic rings. The molecule has 5 rings (SSSR count). The summed E-state index contributed by atoms with van der Waals surface area (Å²) in [7, 11) is 0. The first-order chi connectivity index (χ1) is 25.2. The average molecular weight is 719 g/mol. The number of rotatable bonds is 13. The summed E-state index contributed by atoms with van der Waals surface area (Å²) < 4.78 is 5.54. The summed E-state index contributed by atoms with van der Waals surface area (Å²) in [6, 6.07) is 7.72. The van der Waals surface area contributed by atoms with Crippen molar-refractivity contribution < 1.29 is 29.3 Å². The van der Waals surface area contributed by atoms with Crippen molar-refractivity contribution in [2.45, 2.75) is 98.8 Å². The molecule has 2 aliphatic heterocycles. The van der Waals surface area contributed by atoms with Crippen molar-refractivity contribution in [2.24, 2.45) is 0 Å². The van der Waals surface area contributed by atoms with Gasteiger partial charge in [-0.15, -0.1) is 0 Å². The molecule has 3 aromatic heterocycles. The van der Waals surface area contributed by atoms with Crippen LogP contribution in [0.1, 0.15) is 118 Å². The van der Waals surface area contributed by atoms with Crippen molar-refractivity contribution in [2.75, 3.05) is 6.61 Å². The molecule has 278 valence electrons. The summed E-state index contributed by atoms with van der Waals surface area (Å²) in [6.45, 7) is 18.4. The molecule has 10 heteroatoms. The quantitative estimate of drug-likeness (QED) is 0.0773. The number of H-pyrrole nitrogens is 2. The van der Waals surface area contributed by atoms with E-state index >= 15 is 0 Å². The highest BCUT2D eigenvalue weighted by Crippen LogP contribution is 2.43. The first kappa shape index (κ1) is 38.7. The van der Waals surface area contributed by atoms with E-state index in [-0.39, 0.29) is 25.2 Å². The van der Waals surface area contributed by atoms with Gasteiger partial charge in [0.15, 0.2) is 0 Å². The van der Waals surface area contributed by atoms with Gasteiger partial charge in [0.25, 0.3) is 0 Å². The second-order valence-electron chi connectivity index (χ2n) is 14.4. The Balaban J connectivity index is 1.81. The highest BCUT2D eigenvalue weighted by Gasteiger charge is 2.34. The van der Waals surface area contributed by atoms with Gasteiger partial charge in [0.05, 0.1) is 35.8 Å². The molecule has 10 nitrogen and oxygen atoms in total. The van der Waals surface area contributed by atoms with Crippen molar-refractivity contribution in [1.82, 2.24) is 19.9 Å². The van der Waals surface area contributed by atoms with Crippen LogP contribution >= 0.6 is 0 Å². The van der Waals surface area contributed by atoms with E-state index in [1.165, 1.54) is 0 Å². The summed E-state index contributed by atoms with van der Waals surface area (Å²) >= 11 is 0. The second kappa shape index (κ2) is 16.0. The SMILES string of the molecule is C=Cc1c(C)c2cc3[nH]c(cc4nc(cc5nc(cc1[nH]2)C(C)(C)/C5=C\C=C(/C)C(=O)OCCCCCC)C(C)=C4CC(=O)O)c(CCC(=O)O)c3C. The number of unbranched alkanes of at least 4 members (excludes halogenated alkanes) is 3. The van der Waals surface area contributed by atoms with Crippen LogP contribution in [-0.2, 0) is 31.0 Å². The molecule has 0 radical (unpaired) electrons. The Morgan fingerprint density at radius 3 is 2.26 bits per heavy atom. The number of carbonyl (C=O) groups is 3. The van der Waals surface area contributed by atoms with Gasteiger partial charge in [-0.3, -0.25) is 14.6 Å². The standard InChI is InChI=1S/C43H50N4O6/c1-9-11-12-13-18-53-42(52)24(3)14-16-31-38-21-34-27(6)30(19-41(50)51)36(45-34)22-35-29(15-17-40(48)49)26(5)33(44-35)20-32-25(4)28(10-2)37(46-32)23-39(47-38)43(31,7)8/h10,14,16,20-23,44,46H,2,9,11-13,15,17-19H2,1,3-8H3,(H,48,49)(H,50,51)/b24-14+,31-16-,32-20?,33-20?,34-21?,35-22?,36-22?,37-23?,38-21?,39-23?. The number of fused-ring (bicyclic) bond motifs is 8. The monoisotopic (exact) mass is 718 g/mol. The Bertz CT molecular complexity index is 2250. The first-order valence-corrected chi connectivity index (χ1v) is 18.2. The zero-order chi connectivity index (χ0) is 38.6. The number of carboxylic acids is 2. The van der Waals surface area contributed by atoms with E-state index in [2.05, 4.69) is 37.3 Å². The van der Waals surface area contributed by atoms with E-state index in [0.29, 0.717) is 45.9 Å². The Kier molecular flexibility index (Phi) is 11.7. The van der Waals surface area contributed by atoms with Crippen LogP contribution in [0.25, 0.3) is 44.9 Å². The van der Waals surface area contributed by atoms with Crippen LogP contribution in [0.4, 0.5) is 0 Å². The maximum absolute atomic E-state index is 12.9. The fraction of sp³-hybridized carbons (Fsp3) is 0.372. The molecule has 0 saturated carbocycles. The van der Waals surface area contributed by atoms with Crippen molar-refractivity contribution in [3.8, 4) is 0 Å². The Morgan fingerprint density at radius 2 is 1.58 bits per heavy atom. The third-order valence-electron chi connectivity index (χ3n) is 10.3. The molecule has 4 N–H and O–H groups in total. The molecule has 0 unspecified atom stereocenters. The molecule has 0 aliphatic carbocycles. The largest absolute Gasteiger partial charge is 0.481 e. The van der Waals surface area contributed by atoms with Crippen LogP contribution in [0.15, 0.2) is 48.6 Å². The molecule has 5 heterocycles. The maximum atomic E-state index is 12.9. The molecule has 0 amide bonds. The normalized spacial score (nSPS) is 14.8. The van der Waals surface area contributed by atoms with Crippen LogP contribution < -0.4 is 0 Å². The molecule has 53 heavy (non-hydrogen) atoms. The predicted molar refractivity (Wildman–Crippen MR) is 211 cm³/mol. The number of aromatic amines is 2. The number of esters is 1. The van der Waals surface area contributed by atoms with Gasteiger partial charge in [0, 0.05) is 45.0 Å². The lowest BCUT2D eigenvalue weighted by Crippen LogP contribution is -2.14. The Hall–Kier alpha value is -5.51. The number of nitrogens with zero attached hydrogens (tertiary/aromatic N) is 2. The summed E-state index contributed by atoms with van der Waals surface area (Å²) in [4.78, 5) is 53.8. The van der Waals surface area contributed by atoms with E-state index in [1.807, 2.05) is 57.2 Å². The lowest BCUT2D eigenvalue weighted by Gasteiger charge is -2.20. The third kappa shape index (κ3) is 8.27. The summed E-state index contributed by atoms with van der Waals surface area (Å²) in [5.74, 6) is -2.27. The average Bonchev–Trinajstić information content (AvgIpc) is 3.73. The van der Waals surface area contributed by atoms with E-state index in [1.54, 1.807) is 13.0 Å². The number of ether oxygens (including phenoxy) is 1. The van der Waals surface area contributed by atoms with Crippen molar-refractivity contribution in [3.05, 3.63) is 93.6 Å². The molecule has 0 spiro atoms. The van der Waals surface area contributed by atoms with E-state index in [4.69, 9.17) is 14.7 Å². The number of allylic oxidation sites excluding steroid dienone is 4. The molecular weight excluding hydrogens is 668 g/mol. The molecule has 2 aliphatic rings. The van der Waals surface area contributed by atoms with Gasteiger partial charge in [-0.2, -0.15) is 0 Å². The Morgan fingerprint density at radius 1 is 0.868 bits per heavy atom. The molecule has 0 atom stereocenters. The molecule has 8 bridgehead atoms. The fourth-order valence-corrected chi connectivity index (χ4v) is 6.97. The van der Waals surface area contributed by atoms with Crippen LogP contribution in [-0.4, -0.2) is 54.7 Å². The van der Waals surface area contributed by atoms with Gasteiger partial charge in [-0.05, 0) is 98.2 Å². The van der Waals surface area contributed by atoms with Crippen molar-refractivity contribution >= 4 is 62.8 Å². The second-order valence-corrected chi connectivity index (χ2v) is 14.4. The number of carboxylic acid groups (broad SMARTS) is 2. The number of aryl methyl sites for hydroxylation is 3. The lowest BCUT2D eigenvalue weighted by atomic mass is 9.81. The minimum atomic E-state index is -0.991. The molecule has 0 fully saturated rings. The number of aromatic nitrogens is 4. The van der Waals surface area contributed by atoms with Gasteiger partial charge in [-0.25, -0.2) is 9.78 Å². The zero-order valence-corrected chi connectivity index (χ0v) is 31.8. The minimum Gasteiger partial charge on any atom is -0.481 e.